The molecule has 0 heterocycles. The minimum Gasteiger partial charge on any atom is -0.469 e. The van der Waals surface area contributed by atoms with Gasteiger partial charge in [0.1, 0.15) is 0 Å². The Morgan fingerprint density at radius 2 is 2.14 bits per heavy atom. The van der Waals surface area contributed by atoms with Crippen molar-refractivity contribution >= 4 is 49.4 Å². The van der Waals surface area contributed by atoms with Gasteiger partial charge in [-0.15, -0.1) is 0 Å². The summed E-state index contributed by atoms with van der Waals surface area (Å²) < 4.78 is 6.16. The Bertz CT molecular complexity index is 366. The van der Waals surface area contributed by atoms with Gasteiger partial charge >= 0.3 is 5.97 Å². The third kappa shape index (κ3) is 2.72. The van der Waals surface area contributed by atoms with E-state index in [2.05, 4.69) is 36.6 Å². The van der Waals surface area contributed by atoms with E-state index in [-0.39, 0.29) is 12.4 Å². The first-order valence-corrected chi connectivity index (χ1v) is 5.72. The second-order valence-electron chi connectivity index (χ2n) is 2.59. The Labute approximate surface area is 104 Å². The van der Waals surface area contributed by atoms with Crippen molar-refractivity contribution in [1.82, 2.24) is 0 Å². The highest BCUT2D eigenvalue weighted by molar-refractivity contribution is 9.13. The highest BCUT2D eigenvalue weighted by atomic mass is 79.9. The van der Waals surface area contributed by atoms with Gasteiger partial charge in [0.25, 0.3) is 0 Å². The first kappa shape index (κ1) is 12.0. The van der Waals surface area contributed by atoms with Gasteiger partial charge < -0.3 is 4.74 Å². The zero-order valence-electron chi connectivity index (χ0n) is 7.31. The molecule has 1 aromatic carbocycles. The van der Waals surface area contributed by atoms with Crippen molar-refractivity contribution < 1.29 is 9.53 Å². The van der Waals surface area contributed by atoms with Crippen LogP contribution in [0.3, 0.4) is 0 Å². The van der Waals surface area contributed by atoms with Crippen molar-refractivity contribution in [2.75, 3.05) is 7.11 Å². The molecule has 0 atom stereocenters. The van der Waals surface area contributed by atoms with Gasteiger partial charge in [0.05, 0.1) is 23.0 Å². The van der Waals surface area contributed by atoms with Crippen LogP contribution in [0.1, 0.15) is 5.56 Å². The summed E-state index contributed by atoms with van der Waals surface area (Å²) in [4.78, 5) is 11.0. The van der Waals surface area contributed by atoms with Crippen molar-refractivity contribution in [1.29, 1.82) is 0 Å². The molecule has 0 N–H and O–H groups in total. The lowest BCUT2D eigenvalue weighted by molar-refractivity contribution is -0.139. The summed E-state index contributed by atoms with van der Waals surface area (Å²) in [6, 6.07) is 3.61. The molecule has 0 radical (unpaired) electrons. The number of carbonyl (C=O) groups is 1. The van der Waals surface area contributed by atoms with Gasteiger partial charge in [0.2, 0.25) is 0 Å². The maximum Gasteiger partial charge on any atom is 0.310 e. The van der Waals surface area contributed by atoms with E-state index in [1.165, 1.54) is 7.11 Å². The quantitative estimate of drug-likeness (QED) is 0.607. The third-order valence-electron chi connectivity index (χ3n) is 1.68. The summed E-state index contributed by atoms with van der Waals surface area (Å²) >= 11 is 12.6. The van der Waals surface area contributed by atoms with Crippen molar-refractivity contribution in [2.24, 2.45) is 0 Å². The third-order valence-corrected chi connectivity index (χ3v) is 4.35. The molecular weight excluding hydrogens is 335 g/mol. The molecule has 0 amide bonds. The number of ether oxygens (including phenoxy) is 1. The van der Waals surface area contributed by atoms with E-state index in [0.29, 0.717) is 5.02 Å². The topological polar surface area (TPSA) is 26.3 Å². The van der Waals surface area contributed by atoms with Crippen LogP contribution in [-0.4, -0.2) is 13.1 Å². The Morgan fingerprint density at radius 1 is 1.50 bits per heavy atom. The fourth-order valence-corrected chi connectivity index (χ4v) is 1.99. The molecule has 1 aromatic rings. The van der Waals surface area contributed by atoms with Crippen molar-refractivity contribution in [3.05, 3.63) is 31.7 Å². The number of esters is 1. The highest BCUT2D eigenvalue weighted by Gasteiger charge is 2.11. The molecule has 0 aliphatic rings. The van der Waals surface area contributed by atoms with E-state index in [1.54, 1.807) is 6.07 Å². The molecule has 0 saturated carbocycles. The average molecular weight is 342 g/mol. The monoisotopic (exact) mass is 340 g/mol. The lowest BCUT2D eigenvalue weighted by atomic mass is 10.1. The minimum atomic E-state index is -0.305. The van der Waals surface area contributed by atoms with Crippen LogP contribution in [0.25, 0.3) is 0 Å². The van der Waals surface area contributed by atoms with Crippen molar-refractivity contribution in [2.45, 2.75) is 6.42 Å². The van der Waals surface area contributed by atoms with Gasteiger partial charge in [-0.25, -0.2) is 0 Å². The molecule has 0 unspecified atom stereocenters. The Hall–Kier alpha value is -0.0600. The van der Waals surface area contributed by atoms with E-state index < -0.39 is 0 Å². The molecule has 76 valence electrons. The summed E-state index contributed by atoms with van der Waals surface area (Å²) in [6.45, 7) is 0. The maximum absolute atomic E-state index is 11.0. The van der Waals surface area contributed by atoms with Crippen molar-refractivity contribution in [3.8, 4) is 0 Å². The fourth-order valence-electron chi connectivity index (χ4n) is 0.930. The van der Waals surface area contributed by atoms with E-state index in [4.69, 9.17) is 11.6 Å². The van der Waals surface area contributed by atoms with E-state index in [1.807, 2.05) is 6.07 Å². The molecule has 0 aliphatic carbocycles. The second-order valence-corrected chi connectivity index (χ2v) is 4.61. The SMILES string of the molecule is COC(=O)Cc1ccc(Br)c(Br)c1Cl. The van der Waals surface area contributed by atoms with Crippen LogP contribution in [0.2, 0.25) is 5.02 Å². The number of hydrogen-bond acceptors (Lipinski definition) is 2. The summed E-state index contributed by atoms with van der Waals surface area (Å²) in [5.74, 6) is -0.305. The maximum atomic E-state index is 11.0. The van der Waals surface area contributed by atoms with E-state index >= 15 is 0 Å². The summed E-state index contributed by atoms with van der Waals surface area (Å²) in [6.07, 6.45) is 0.182. The van der Waals surface area contributed by atoms with Gasteiger partial charge in [0.15, 0.2) is 0 Å². The van der Waals surface area contributed by atoms with Crippen LogP contribution in [0.4, 0.5) is 0 Å². The van der Waals surface area contributed by atoms with Gasteiger partial charge in [-0.3, -0.25) is 4.79 Å². The van der Waals surface area contributed by atoms with Crippen molar-refractivity contribution in [3.63, 3.8) is 0 Å². The molecule has 0 bridgehead atoms. The largest absolute Gasteiger partial charge is 0.469 e. The summed E-state index contributed by atoms with van der Waals surface area (Å²) in [5, 5.41) is 0.532. The predicted octanol–water partition coefficient (Wildman–Crippen LogP) is 3.58. The number of benzene rings is 1. The minimum absolute atomic E-state index is 0.182. The van der Waals surface area contributed by atoms with Crippen LogP contribution in [0.15, 0.2) is 21.1 Å². The zero-order valence-corrected chi connectivity index (χ0v) is 11.2. The molecule has 0 saturated heterocycles. The Morgan fingerprint density at radius 3 is 2.71 bits per heavy atom. The lowest BCUT2D eigenvalue weighted by Crippen LogP contribution is -2.05. The van der Waals surface area contributed by atoms with E-state index in [9.17, 15) is 4.79 Å². The highest BCUT2D eigenvalue weighted by Crippen LogP contribution is 2.33. The first-order chi connectivity index (χ1) is 6.56. The lowest BCUT2D eigenvalue weighted by Gasteiger charge is -2.06. The first-order valence-electron chi connectivity index (χ1n) is 3.75. The van der Waals surface area contributed by atoms with Crippen LogP contribution in [0.5, 0.6) is 0 Å². The normalized spacial score (nSPS) is 10.0. The number of carbonyl (C=O) groups excluding carboxylic acids is 1. The number of halogens is 3. The van der Waals surface area contributed by atoms with Gasteiger partial charge in [-0.2, -0.15) is 0 Å². The number of methoxy groups -OCH3 is 1. The molecule has 14 heavy (non-hydrogen) atoms. The average Bonchev–Trinajstić information content (AvgIpc) is 2.19. The number of rotatable bonds is 2. The molecule has 1 rings (SSSR count). The Balaban J connectivity index is 3.00. The van der Waals surface area contributed by atoms with Crippen LogP contribution in [-0.2, 0) is 16.0 Å². The van der Waals surface area contributed by atoms with Gasteiger partial charge in [-0.05, 0) is 43.5 Å². The van der Waals surface area contributed by atoms with E-state index in [0.717, 1.165) is 14.5 Å². The standard InChI is InChI=1S/C9H7Br2ClO2/c1-14-7(13)4-5-2-3-6(10)8(11)9(5)12/h2-3H,4H2,1H3. The summed E-state index contributed by atoms with van der Waals surface area (Å²) in [5.41, 5.74) is 0.744. The summed E-state index contributed by atoms with van der Waals surface area (Å²) in [7, 11) is 1.35. The number of hydrogen-bond donors (Lipinski definition) is 0. The van der Waals surface area contributed by atoms with Crippen LogP contribution in [0, 0.1) is 0 Å². The molecular formula is C9H7Br2ClO2. The molecule has 0 spiro atoms. The molecule has 0 aromatic heterocycles. The predicted molar refractivity (Wildman–Crippen MR) is 62.6 cm³/mol. The van der Waals surface area contributed by atoms with Crippen LogP contribution < -0.4 is 0 Å². The second kappa shape index (κ2) is 5.14. The molecule has 5 heteroatoms. The molecule has 0 fully saturated rings. The molecule has 0 aliphatic heterocycles. The zero-order chi connectivity index (χ0) is 10.7. The van der Waals surface area contributed by atoms with Gasteiger partial charge in [0, 0.05) is 4.47 Å². The molecule has 2 nitrogen and oxygen atoms in total. The Kier molecular flexibility index (Phi) is 4.41. The van der Waals surface area contributed by atoms with Crippen LogP contribution >= 0.6 is 43.5 Å². The smallest absolute Gasteiger partial charge is 0.310 e. The fraction of sp³-hybridized carbons (Fsp3) is 0.222. The van der Waals surface area contributed by atoms with Gasteiger partial charge in [-0.1, -0.05) is 17.7 Å².